The van der Waals surface area contributed by atoms with E-state index < -0.39 is 17.4 Å². The zero-order chi connectivity index (χ0) is 28.6. The predicted molar refractivity (Wildman–Crippen MR) is 161 cm³/mol. The van der Waals surface area contributed by atoms with Gasteiger partial charge in [-0.3, -0.25) is 9.59 Å². The lowest BCUT2D eigenvalue weighted by Crippen LogP contribution is -2.39. The number of aliphatic hydroxyl groups is 1. The van der Waals surface area contributed by atoms with E-state index in [2.05, 4.69) is 19.2 Å². The lowest BCUT2D eigenvalue weighted by atomic mass is 9.84. The molecule has 0 aromatic heterocycles. The van der Waals surface area contributed by atoms with Gasteiger partial charge in [0, 0.05) is 0 Å². The molecular formula is C33H63NO5. The van der Waals surface area contributed by atoms with Crippen LogP contribution in [0.3, 0.4) is 0 Å². The molecule has 1 aliphatic rings. The summed E-state index contributed by atoms with van der Waals surface area (Å²) in [5.41, 5.74) is -1.21. The smallest absolute Gasteiger partial charge is 0.323 e. The van der Waals surface area contributed by atoms with Crippen molar-refractivity contribution in [2.75, 3.05) is 26.3 Å². The van der Waals surface area contributed by atoms with Gasteiger partial charge in [0.05, 0.1) is 19.3 Å². The highest BCUT2D eigenvalue weighted by Crippen LogP contribution is 2.29. The van der Waals surface area contributed by atoms with Gasteiger partial charge in [-0.2, -0.15) is 0 Å². The van der Waals surface area contributed by atoms with Crippen molar-refractivity contribution >= 4 is 11.9 Å². The molecule has 0 aromatic carbocycles. The van der Waals surface area contributed by atoms with Crippen molar-refractivity contribution in [1.29, 1.82) is 0 Å². The minimum atomic E-state index is -1.21. The molecule has 1 saturated carbocycles. The van der Waals surface area contributed by atoms with Crippen LogP contribution in [0.15, 0.2) is 0 Å². The first-order valence-corrected chi connectivity index (χ1v) is 16.7. The van der Waals surface area contributed by atoms with Crippen LogP contribution in [0.2, 0.25) is 0 Å². The average Bonchev–Trinajstić information content (AvgIpc) is 2.94. The normalized spacial score (nSPS) is 17.7. The number of carbonyl (C=O) groups excluding carboxylic acids is 2. The van der Waals surface area contributed by atoms with Gasteiger partial charge in [0.25, 0.3) is 0 Å². The Labute approximate surface area is 240 Å². The molecule has 230 valence electrons. The Balaban J connectivity index is 2.36. The van der Waals surface area contributed by atoms with Crippen molar-refractivity contribution in [3.8, 4) is 0 Å². The first-order valence-electron chi connectivity index (χ1n) is 16.7. The first kappa shape index (κ1) is 35.9. The van der Waals surface area contributed by atoms with Gasteiger partial charge in [-0.15, -0.1) is 0 Å². The number of nitrogens with one attached hydrogen (secondary N) is 1. The van der Waals surface area contributed by atoms with Gasteiger partial charge in [-0.25, -0.2) is 0 Å². The summed E-state index contributed by atoms with van der Waals surface area (Å²) in [7, 11) is 0. The number of carbonyl (C=O) groups is 2. The maximum atomic E-state index is 13.1. The van der Waals surface area contributed by atoms with E-state index in [1.807, 2.05) is 0 Å². The molecule has 0 aliphatic heterocycles. The summed E-state index contributed by atoms with van der Waals surface area (Å²) >= 11 is 0. The number of rotatable bonds is 25. The van der Waals surface area contributed by atoms with E-state index in [9.17, 15) is 14.7 Å². The number of aliphatic hydroxyl groups excluding tert-OH is 1. The van der Waals surface area contributed by atoms with E-state index in [1.165, 1.54) is 51.4 Å². The second-order valence-corrected chi connectivity index (χ2v) is 12.2. The molecule has 0 aromatic rings. The largest absolute Gasteiger partial charge is 0.465 e. The van der Waals surface area contributed by atoms with E-state index in [-0.39, 0.29) is 6.10 Å². The number of esters is 2. The van der Waals surface area contributed by atoms with Gasteiger partial charge in [-0.1, -0.05) is 97.3 Å². The quantitative estimate of drug-likeness (QED) is 0.0679. The van der Waals surface area contributed by atoms with E-state index in [1.54, 1.807) is 6.92 Å². The summed E-state index contributed by atoms with van der Waals surface area (Å²) < 4.78 is 11.2. The molecule has 0 unspecified atom stereocenters. The molecule has 1 fully saturated rings. The van der Waals surface area contributed by atoms with E-state index in [0.717, 1.165) is 90.1 Å². The fraction of sp³-hybridized carbons (Fsp3) is 0.939. The fourth-order valence-electron chi connectivity index (χ4n) is 5.44. The maximum absolute atomic E-state index is 13.1. The van der Waals surface area contributed by atoms with E-state index >= 15 is 0 Å². The Morgan fingerprint density at radius 3 is 1.69 bits per heavy atom. The molecule has 0 saturated heterocycles. The highest BCUT2D eigenvalue weighted by molar-refractivity contribution is 5.99. The van der Waals surface area contributed by atoms with Crippen LogP contribution >= 0.6 is 0 Å². The van der Waals surface area contributed by atoms with Crippen molar-refractivity contribution < 1.29 is 24.2 Å². The summed E-state index contributed by atoms with van der Waals surface area (Å²) in [6, 6.07) is 0. The Hall–Kier alpha value is -1.14. The van der Waals surface area contributed by atoms with Gasteiger partial charge in [0.2, 0.25) is 0 Å². The Morgan fingerprint density at radius 2 is 1.15 bits per heavy atom. The van der Waals surface area contributed by atoms with Gasteiger partial charge >= 0.3 is 11.9 Å². The van der Waals surface area contributed by atoms with E-state index in [0.29, 0.717) is 25.6 Å². The van der Waals surface area contributed by atoms with Crippen molar-refractivity contribution in [3.63, 3.8) is 0 Å². The monoisotopic (exact) mass is 553 g/mol. The second-order valence-electron chi connectivity index (χ2n) is 12.2. The second kappa shape index (κ2) is 23.6. The van der Waals surface area contributed by atoms with Crippen LogP contribution in [0.1, 0.15) is 156 Å². The van der Waals surface area contributed by atoms with Crippen molar-refractivity contribution in [1.82, 2.24) is 5.32 Å². The number of ether oxygens (including phenoxy) is 2. The summed E-state index contributed by atoms with van der Waals surface area (Å²) in [6.45, 7) is 8.94. The average molecular weight is 554 g/mol. The molecule has 0 spiro atoms. The minimum Gasteiger partial charge on any atom is -0.465 e. The molecule has 0 radical (unpaired) electrons. The van der Waals surface area contributed by atoms with Crippen LogP contribution in [0.25, 0.3) is 0 Å². The van der Waals surface area contributed by atoms with Crippen LogP contribution in [0, 0.1) is 11.3 Å². The first-order chi connectivity index (χ1) is 18.9. The van der Waals surface area contributed by atoms with Gasteiger partial charge in [0.1, 0.15) is 0 Å². The third-order valence-electron chi connectivity index (χ3n) is 8.39. The Kier molecular flexibility index (Phi) is 21.7. The molecule has 6 heteroatoms. The van der Waals surface area contributed by atoms with Gasteiger partial charge in [0.15, 0.2) is 5.41 Å². The molecule has 0 heterocycles. The molecular weight excluding hydrogens is 490 g/mol. The predicted octanol–water partition coefficient (Wildman–Crippen LogP) is 7.89. The molecule has 6 nitrogen and oxygen atoms in total. The highest BCUT2D eigenvalue weighted by atomic mass is 16.6. The maximum Gasteiger partial charge on any atom is 0.323 e. The number of hydrogen-bond donors (Lipinski definition) is 2. The molecule has 0 amide bonds. The molecule has 1 rings (SSSR count). The van der Waals surface area contributed by atoms with Crippen molar-refractivity contribution in [2.24, 2.45) is 11.3 Å². The number of hydrogen-bond acceptors (Lipinski definition) is 6. The third kappa shape index (κ3) is 17.3. The SMILES string of the molecule is CCCCCCCCOC(=O)C(C)(CCCCCCNCC1CCC(O)CC1)C(=O)OCCCCCCCC. The van der Waals surface area contributed by atoms with E-state index in [4.69, 9.17) is 9.47 Å². The van der Waals surface area contributed by atoms with Crippen LogP contribution in [-0.4, -0.2) is 49.5 Å². The molecule has 39 heavy (non-hydrogen) atoms. The molecule has 1 aliphatic carbocycles. The topological polar surface area (TPSA) is 84.9 Å². The molecule has 0 atom stereocenters. The van der Waals surface area contributed by atoms with Gasteiger partial charge in [-0.05, 0) is 77.3 Å². The van der Waals surface area contributed by atoms with Crippen LogP contribution in [-0.2, 0) is 19.1 Å². The van der Waals surface area contributed by atoms with Crippen molar-refractivity contribution in [3.05, 3.63) is 0 Å². The lowest BCUT2D eigenvalue weighted by Gasteiger charge is -2.26. The Bertz CT molecular complexity index is 573. The van der Waals surface area contributed by atoms with Crippen LogP contribution < -0.4 is 5.32 Å². The minimum absolute atomic E-state index is 0.0902. The third-order valence-corrected chi connectivity index (χ3v) is 8.39. The molecule has 0 bridgehead atoms. The molecule has 2 N–H and O–H groups in total. The zero-order valence-electron chi connectivity index (χ0n) is 25.9. The standard InChI is InChI=1S/C33H63NO5/c1-4-6-8-10-14-18-26-38-31(36)33(3,32(37)39-27-19-15-11-9-7-5-2)24-16-12-13-17-25-34-28-29-20-22-30(35)23-21-29/h29-30,34-35H,4-28H2,1-3H3. The number of unbranched alkanes of at least 4 members (excludes halogenated alkanes) is 13. The fourth-order valence-corrected chi connectivity index (χ4v) is 5.44. The summed E-state index contributed by atoms with van der Waals surface area (Å²) in [4.78, 5) is 26.2. The highest BCUT2D eigenvalue weighted by Gasteiger charge is 2.43. The summed E-state index contributed by atoms with van der Waals surface area (Å²) in [6.07, 6.45) is 22.1. The van der Waals surface area contributed by atoms with Crippen LogP contribution in [0.4, 0.5) is 0 Å². The van der Waals surface area contributed by atoms with Crippen molar-refractivity contribution in [2.45, 2.75) is 162 Å². The Morgan fingerprint density at radius 1 is 0.692 bits per heavy atom. The zero-order valence-corrected chi connectivity index (χ0v) is 25.9. The summed E-state index contributed by atoms with van der Waals surface area (Å²) in [5, 5.41) is 13.2. The van der Waals surface area contributed by atoms with Gasteiger partial charge < -0.3 is 19.9 Å². The lowest BCUT2D eigenvalue weighted by molar-refractivity contribution is -0.172. The van der Waals surface area contributed by atoms with Crippen LogP contribution in [0.5, 0.6) is 0 Å². The summed E-state index contributed by atoms with van der Waals surface area (Å²) in [5.74, 6) is -0.134.